The summed E-state index contributed by atoms with van der Waals surface area (Å²) in [6.45, 7) is 0. The van der Waals surface area contributed by atoms with Crippen LogP contribution in [0.5, 0.6) is 5.75 Å². The van der Waals surface area contributed by atoms with E-state index >= 15 is 0 Å². The van der Waals surface area contributed by atoms with E-state index in [2.05, 4.69) is 10.2 Å². The molecule has 0 aromatic heterocycles. The van der Waals surface area contributed by atoms with Crippen LogP contribution in [0.15, 0.2) is 61.3 Å². The first-order valence-electron chi connectivity index (χ1n) is 8.33. The van der Waals surface area contributed by atoms with Crippen molar-refractivity contribution in [2.45, 2.75) is 14.7 Å². The van der Waals surface area contributed by atoms with Gasteiger partial charge in [0.15, 0.2) is 5.75 Å². The van der Waals surface area contributed by atoms with Crippen molar-refractivity contribution in [3.05, 3.63) is 36.4 Å². The highest BCUT2D eigenvalue weighted by molar-refractivity contribution is 7.86. The average molecular weight is 519 g/mol. The molecule has 14 nitrogen and oxygen atoms in total. The van der Waals surface area contributed by atoms with E-state index in [0.29, 0.717) is 6.07 Å². The number of anilines is 2. The number of hydrogen-bond acceptors (Lipinski definition) is 11. The molecule has 3 rings (SSSR count). The predicted octanol–water partition coefficient (Wildman–Crippen LogP) is 1.87. The Morgan fingerprint density at radius 3 is 1.79 bits per heavy atom. The third-order valence-electron chi connectivity index (χ3n) is 4.28. The van der Waals surface area contributed by atoms with Gasteiger partial charge < -0.3 is 16.6 Å². The lowest BCUT2D eigenvalue weighted by Gasteiger charge is -2.13. The van der Waals surface area contributed by atoms with Gasteiger partial charge in [-0.2, -0.15) is 25.3 Å². The summed E-state index contributed by atoms with van der Waals surface area (Å²) in [4.78, 5) is -2.74. The minimum Gasteiger partial charge on any atom is -0.505 e. The lowest BCUT2D eigenvalue weighted by Crippen LogP contribution is -2.04. The van der Waals surface area contributed by atoms with Gasteiger partial charge in [0.05, 0.1) is 5.39 Å². The lowest BCUT2D eigenvalue weighted by atomic mass is 10.1. The molecule has 0 unspecified atom stereocenters. The molecular weight excluding hydrogens is 504 g/mol. The SMILES string of the molecule is Nc1ccc(S(=O)(=O)O)c(N=Nc2c(S(=O)(=O)O)cc3c(S(=O)(=O)O)ccc(N)c3c2O)c1. The number of nitrogens with two attached hydrogens (primary N) is 2. The molecule has 3 aromatic rings. The van der Waals surface area contributed by atoms with Gasteiger partial charge in [-0.25, -0.2) is 0 Å². The smallest absolute Gasteiger partial charge is 0.296 e. The summed E-state index contributed by atoms with van der Waals surface area (Å²) in [6.07, 6.45) is 0. The van der Waals surface area contributed by atoms with Gasteiger partial charge in [-0.3, -0.25) is 13.7 Å². The molecule has 17 heteroatoms. The number of rotatable bonds is 5. The number of nitrogens with zero attached hydrogens (tertiary/aromatic N) is 2. The van der Waals surface area contributed by atoms with E-state index in [0.717, 1.165) is 30.3 Å². The first kappa shape index (κ1) is 24.3. The molecule has 0 aliphatic rings. The number of benzene rings is 3. The standard InChI is InChI=1S/C16H14N4O10S3/c17-7-1-3-12(32(25,26)27)10(5-7)19-20-15-13(33(28,29)30)6-8-11(31(22,23)24)4-2-9(18)14(8)16(15)21/h1-6,21H,17-18H2,(H,22,23,24)(H,25,26,27)(H,28,29,30). The van der Waals surface area contributed by atoms with Gasteiger partial charge in [-0.1, -0.05) is 0 Å². The Balaban J connectivity index is 2.44. The first-order valence-corrected chi connectivity index (χ1v) is 12.7. The van der Waals surface area contributed by atoms with E-state index in [4.69, 9.17) is 11.5 Å². The molecule has 0 saturated carbocycles. The second-order valence-corrected chi connectivity index (χ2v) is 10.7. The summed E-state index contributed by atoms with van der Waals surface area (Å²) in [6, 6.07) is 5.38. The summed E-state index contributed by atoms with van der Waals surface area (Å²) < 4.78 is 98.7. The zero-order valence-electron chi connectivity index (χ0n) is 16.0. The molecule has 0 spiro atoms. The maximum Gasteiger partial charge on any atom is 0.296 e. The van der Waals surface area contributed by atoms with Crippen molar-refractivity contribution in [2.24, 2.45) is 10.2 Å². The summed E-state index contributed by atoms with van der Waals surface area (Å²) in [7, 11) is -14.9. The van der Waals surface area contributed by atoms with E-state index in [1.807, 2.05) is 0 Å². The maximum absolute atomic E-state index is 11.9. The number of azo groups is 1. The number of phenols is 1. The molecule has 0 bridgehead atoms. The molecule has 0 fully saturated rings. The van der Waals surface area contributed by atoms with Crippen LogP contribution in [0.3, 0.4) is 0 Å². The highest BCUT2D eigenvalue weighted by Crippen LogP contribution is 2.45. The molecule has 0 saturated heterocycles. The Bertz CT molecular complexity index is 1660. The van der Waals surface area contributed by atoms with Crippen LogP contribution in [-0.2, 0) is 30.4 Å². The predicted molar refractivity (Wildman–Crippen MR) is 114 cm³/mol. The zero-order valence-corrected chi connectivity index (χ0v) is 18.4. The number of aromatic hydroxyl groups is 1. The first-order chi connectivity index (χ1) is 15.0. The summed E-state index contributed by atoms with van der Waals surface area (Å²) >= 11 is 0. The molecule has 0 radical (unpaired) electrons. The van der Waals surface area contributed by atoms with E-state index in [1.165, 1.54) is 0 Å². The van der Waals surface area contributed by atoms with Crippen molar-refractivity contribution in [3.63, 3.8) is 0 Å². The highest BCUT2D eigenvalue weighted by atomic mass is 32.2. The molecule has 0 aliphatic carbocycles. The van der Waals surface area contributed by atoms with Crippen LogP contribution in [0.1, 0.15) is 0 Å². The van der Waals surface area contributed by atoms with Crippen LogP contribution in [-0.4, -0.2) is 44.0 Å². The molecular formula is C16H14N4O10S3. The lowest BCUT2D eigenvalue weighted by molar-refractivity contribution is 0.471. The quantitative estimate of drug-likeness (QED) is 0.161. The zero-order chi connectivity index (χ0) is 24.9. The normalized spacial score (nSPS) is 13.1. The molecule has 176 valence electrons. The monoisotopic (exact) mass is 518 g/mol. The van der Waals surface area contributed by atoms with Crippen LogP contribution < -0.4 is 11.5 Å². The Morgan fingerprint density at radius 1 is 0.697 bits per heavy atom. The van der Waals surface area contributed by atoms with E-state index < -0.39 is 72.9 Å². The largest absolute Gasteiger partial charge is 0.505 e. The van der Waals surface area contributed by atoms with Crippen LogP contribution in [0, 0.1) is 0 Å². The fraction of sp³-hybridized carbons (Fsp3) is 0. The molecule has 0 aliphatic heterocycles. The summed E-state index contributed by atoms with van der Waals surface area (Å²) in [5.74, 6) is -1.07. The van der Waals surface area contributed by atoms with Crippen molar-refractivity contribution in [2.75, 3.05) is 11.5 Å². The molecule has 33 heavy (non-hydrogen) atoms. The van der Waals surface area contributed by atoms with Crippen molar-refractivity contribution < 1.29 is 44.0 Å². The topological polar surface area (TPSA) is 260 Å². The van der Waals surface area contributed by atoms with Gasteiger partial charge in [-0.05, 0) is 36.4 Å². The summed E-state index contributed by atoms with van der Waals surface area (Å²) in [5.41, 5.74) is 9.52. The van der Waals surface area contributed by atoms with Crippen molar-refractivity contribution in [1.82, 2.24) is 0 Å². The van der Waals surface area contributed by atoms with Gasteiger partial charge in [0.2, 0.25) is 0 Å². The fourth-order valence-electron chi connectivity index (χ4n) is 2.91. The Hall–Kier alpha value is -3.35. The molecule has 0 heterocycles. The van der Waals surface area contributed by atoms with E-state index in [1.54, 1.807) is 0 Å². The van der Waals surface area contributed by atoms with Gasteiger partial charge in [0.25, 0.3) is 30.4 Å². The fourth-order valence-corrected chi connectivity index (χ4v) is 4.84. The number of nitrogen functional groups attached to an aromatic ring is 2. The van der Waals surface area contributed by atoms with Gasteiger partial charge in [-0.15, -0.1) is 10.2 Å². The third-order valence-corrected chi connectivity index (χ3v) is 6.96. The Morgan fingerprint density at radius 2 is 1.24 bits per heavy atom. The van der Waals surface area contributed by atoms with Gasteiger partial charge >= 0.3 is 0 Å². The second-order valence-electron chi connectivity index (χ2n) is 6.50. The van der Waals surface area contributed by atoms with Crippen LogP contribution in [0.25, 0.3) is 10.8 Å². The van der Waals surface area contributed by atoms with Crippen LogP contribution >= 0.6 is 0 Å². The number of fused-ring (bicyclic) bond motifs is 1. The third kappa shape index (κ3) is 4.72. The van der Waals surface area contributed by atoms with Crippen molar-refractivity contribution in [3.8, 4) is 5.75 Å². The van der Waals surface area contributed by atoms with Crippen molar-refractivity contribution >= 4 is 63.9 Å². The number of phenolic OH excluding ortho intramolecular Hbond substituents is 1. The van der Waals surface area contributed by atoms with E-state index in [-0.39, 0.29) is 11.4 Å². The molecule has 3 aromatic carbocycles. The molecule has 0 atom stereocenters. The summed E-state index contributed by atoms with van der Waals surface area (Å²) in [5, 5.41) is 16.6. The van der Waals surface area contributed by atoms with Crippen molar-refractivity contribution in [1.29, 1.82) is 0 Å². The van der Waals surface area contributed by atoms with E-state index in [9.17, 15) is 44.0 Å². The van der Waals surface area contributed by atoms with Crippen LogP contribution in [0.2, 0.25) is 0 Å². The second kappa shape index (κ2) is 7.90. The maximum atomic E-state index is 11.9. The average Bonchev–Trinajstić information content (AvgIpc) is 2.64. The molecule has 8 N–H and O–H groups in total. The highest BCUT2D eigenvalue weighted by Gasteiger charge is 2.27. The number of hydrogen-bond donors (Lipinski definition) is 6. The van der Waals surface area contributed by atoms with Gasteiger partial charge in [0.1, 0.15) is 26.1 Å². The molecule has 0 amide bonds. The Kier molecular flexibility index (Phi) is 5.82. The minimum absolute atomic E-state index is 0.0175. The Labute approximate surface area is 186 Å². The van der Waals surface area contributed by atoms with Crippen LogP contribution in [0.4, 0.5) is 22.7 Å². The minimum atomic E-state index is -5.20. The van der Waals surface area contributed by atoms with Gasteiger partial charge in [0, 0.05) is 16.8 Å².